The van der Waals surface area contributed by atoms with Crippen molar-refractivity contribution in [3.63, 3.8) is 0 Å². The number of Topliss-reactive ketones (excluding diaryl/α,β-unsaturated/α-hetero) is 3. The van der Waals surface area contributed by atoms with Crippen molar-refractivity contribution in [3.05, 3.63) is 29.8 Å². The van der Waals surface area contributed by atoms with Crippen LogP contribution in [-0.4, -0.2) is 136 Å². The second-order valence-electron chi connectivity index (χ2n) is 17.1. The number of aliphatic carboxylic acids is 1. The number of ether oxygens (including phenoxy) is 5. The highest BCUT2D eigenvalue weighted by atomic mass is 16.5. The van der Waals surface area contributed by atoms with E-state index in [0.717, 1.165) is 70.6 Å². The zero-order chi connectivity index (χ0) is 50.2. The molecule has 1 aromatic rings. The number of carbonyl (C=O) groups excluding carboxylic acids is 6. The molecule has 0 fully saturated rings. The Morgan fingerprint density at radius 1 is 0.559 bits per heavy atom. The molecule has 1 rings (SSSR count). The minimum atomic E-state index is -1.20. The van der Waals surface area contributed by atoms with Gasteiger partial charge in [0.15, 0.2) is 5.78 Å². The third kappa shape index (κ3) is 33.7. The summed E-state index contributed by atoms with van der Waals surface area (Å²) < 4.78 is 27.2. The Hall–Kier alpha value is -4.78. The monoisotopic (exact) mass is 964 g/mol. The van der Waals surface area contributed by atoms with Crippen LogP contribution in [0.15, 0.2) is 24.3 Å². The predicted octanol–water partition coefficient (Wildman–Crippen LogP) is 6.04. The summed E-state index contributed by atoms with van der Waals surface area (Å²) in [4.78, 5) is 95.5. The molecule has 0 saturated heterocycles. The summed E-state index contributed by atoms with van der Waals surface area (Å²) in [5, 5.41) is 26.5. The van der Waals surface area contributed by atoms with Gasteiger partial charge >= 0.3 is 11.9 Å². The standard InChI is InChI=1S/C50H81N3O15/c1-4-15-40(39(3)54)21-25-45(56)38(2)16-11-12-27-51-48(59)37-67-35-32-64-29-14-17-42(55)36-66-34-33-65-31-28-52-46(57)26-24-44(50(62)63)53-47(58)18-10-8-6-5-7-9-13-30-68-43-22-19-41(20-23-43)49(60)61/h19-20,22-23,38,40,44H,4-18,21,24-37H2,1-3H3,(H,51,59)(H,52,57)(H,53,58)(H,60,61)(H,62,63)/t38-,40+,44-/m0/s1. The first kappa shape index (κ1) is 61.2. The first-order valence-corrected chi connectivity index (χ1v) is 24.6. The molecule has 0 spiro atoms. The second kappa shape index (κ2) is 40.1. The van der Waals surface area contributed by atoms with E-state index in [4.69, 9.17) is 28.8 Å². The van der Waals surface area contributed by atoms with E-state index < -0.39 is 18.0 Å². The maximum Gasteiger partial charge on any atom is 0.335 e. The van der Waals surface area contributed by atoms with Crippen LogP contribution in [0.2, 0.25) is 0 Å². The van der Waals surface area contributed by atoms with Crippen molar-refractivity contribution < 1.29 is 72.3 Å². The number of unbranched alkanes of at least 4 members (excludes halogenated alkanes) is 7. The summed E-state index contributed by atoms with van der Waals surface area (Å²) in [5.74, 6) is -2.32. The van der Waals surface area contributed by atoms with Gasteiger partial charge in [-0.15, -0.1) is 0 Å². The van der Waals surface area contributed by atoms with Crippen molar-refractivity contribution in [2.24, 2.45) is 11.8 Å². The molecule has 68 heavy (non-hydrogen) atoms. The van der Waals surface area contributed by atoms with Gasteiger partial charge in [0.05, 0.1) is 45.2 Å². The number of nitrogens with one attached hydrogen (secondary N) is 3. The Kier molecular flexibility index (Phi) is 36.1. The first-order chi connectivity index (χ1) is 32.7. The average molecular weight is 964 g/mol. The normalized spacial score (nSPS) is 12.4. The van der Waals surface area contributed by atoms with E-state index in [-0.39, 0.29) is 131 Å². The number of benzene rings is 1. The fourth-order valence-electron chi connectivity index (χ4n) is 7.02. The lowest BCUT2D eigenvalue weighted by Crippen LogP contribution is -2.41. The van der Waals surface area contributed by atoms with E-state index in [1.807, 2.05) is 13.8 Å². The maximum atomic E-state index is 12.4. The van der Waals surface area contributed by atoms with E-state index in [0.29, 0.717) is 51.2 Å². The van der Waals surface area contributed by atoms with Crippen molar-refractivity contribution in [1.29, 1.82) is 0 Å². The molecular weight excluding hydrogens is 883 g/mol. The number of carboxylic acid groups (broad SMARTS) is 2. The van der Waals surface area contributed by atoms with Crippen molar-refractivity contribution >= 4 is 47.0 Å². The summed E-state index contributed by atoms with van der Waals surface area (Å²) >= 11 is 0. The molecule has 0 aliphatic heterocycles. The molecule has 0 aliphatic carbocycles. The van der Waals surface area contributed by atoms with Gasteiger partial charge in [-0.25, -0.2) is 9.59 Å². The number of ketones is 3. The highest BCUT2D eigenvalue weighted by molar-refractivity contribution is 5.87. The minimum absolute atomic E-state index is 0.0286. The second-order valence-corrected chi connectivity index (χ2v) is 17.1. The number of rotatable bonds is 46. The molecule has 3 atom stereocenters. The van der Waals surface area contributed by atoms with Gasteiger partial charge in [0.2, 0.25) is 17.7 Å². The molecule has 386 valence electrons. The number of carbonyl (C=O) groups is 8. The van der Waals surface area contributed by atoms with E-state index in [1.165, 1.54) is 12.1 Å². The van der Waals surface area contributed by atoms with Gasteiger partial charge in [-0.05, 0) is 82.6 Å². The van der Waals surface area contributed by atoms with Gasteiger partial charge in [0.25, 0.3) is 0 Å². The Balaban J connectivity index is 1.94. The fourth-order valence-corrected chi connectivity index (χ4v) is 7.02. The van der Waals surface area contributed by atoms with Gasteiger partial charge in [0.1, 0.15) is 36.6 Å². The summed E-state index contributed by atoms with van der Waals surface area (Å²) in [6.45, 7) is 8.16. The van der Waals surface area contributed by atoms with Crippen LogP contribution < -0.4 is 20.7 Å². The zero-order valence-corrected chi connectivity index (χ0v) is 41.0. The van der Waals surface area contributed by atoms with E-state index in [9.17, 15) is 43.5 Å². The molecular formula is C50H81N3O15. The average Bonchev–Trinajstić information content (AvgIpc) is 3.30. The summed E-state index contributed by atoms with van der Waals surface area (Å²) in [5.41, 5.74) is 0.214. The minimum Gasteiger partial charge on any atom is -0.494 e. The molecule has 0 bridgehead atoms. The highest BCUT2D eigenvalue weighted by Gasteiger charge is 2.21. The lowest BCUT2D eigenvalue weighted by molar-refractivity contribution is -0.142. The van der Waals surface area contributed by atoms with Crippen LogP contribution in [0, 0.1) is 11.8 Å². The molecule has 0 saturated carbocycles. The van der Waals surface area contributed by atoms with Gasteiger partial charge in [-0.3, -0.25) is 28.8 Å². The largest absolute Gasteiger partial charge is 0.494 e. The van der Waals surface area contributed by atoms with Crippen LogP contribution in [0.3, 0.4) is 0 Å². The lowest BCUT2D eigenvalue weighted by Gasteiger charge is -2.14. The van der Waals surface area contributed by atoms with Crippen molar-refractivity contribution in [3.8, 4) is 5.75 Å². The van der Waals surface area contributed by atoms with E-state index in [1.54, 1.807) is 19.1 Å². The molecule has 3 amide bonds. The van der Waals surface area contributed by atoms with Crippen LogP contribution in [-0.2, 0) is 52.5 Å². The molecule has 0 aromatic heterocycles. The molecule has 0 radical (unpaired) electrons. The molecule has 0 heterocycles. The quantitative estimate of drug-likeness (QED) is 0.0467. The number of carboxylic acids is 2. The topological polar surface area (TPSA) is 259 Å². The number of amides is 3. The van der Waals surface area contributed by atoms with E-state index >= 15 is 0 Å². The van der Waals surface area contributed by atoms with Gasteiger partial charge < -0.3 is 49.8 Å². The Bertz CT molecular complexity index is 1610. The lowest BCUT2D eigenvalue weighted by atomic mass is 9.89. The van der Waals surface area contributed by atoms with Gasteiger partial charge in [-0.2, -0.15) is 0 Å². The molecule has 1 aromatic carbocycles. The van der Waals surface area contributed by atoms with Gasteiger partial charge in [-0.1, -0.05) is 58.8 Å². The summed E-state index contributed by atoms with van der Waals surface area (Å²) in [7, 11) is 0. The number of hydrogen-bond acceptors (Lipinski definition) is 13. The summed E-state index contributed by atoms with van der Waals surface area (Å²) in [6.07, 6.45) is 12.3. The zero-order valence-electron chi connectivity index (χ0n) is 41.0. The van der Waals surface area contributed by atoms with E-state index in [2.05, 4.69) is 16.0 Å². The predicted molar refractivity (Wildman–Crippen MR) is 255 cm³/mol. The van der Waals surface area contributed by atoms with Crippen molar-refractivity contribution in [2.45, 2.75) is 149 Å². The smallest absolute Gasteiger partial charge is 0.335 e. The maximum absolute atomic E-state index is 12.4. The molecule has 0 aliphatic rings. The van der Waals surface area contributed by atoms with Crippen LogP contribution in [0.4, 0.5) is 0 Å². The SMILES string of the molecule is CCC[C@H](CCC(=O)[C@@H](C)CCCCNC(=O)COCCOCCCC(=O)COCCOCCNC(=O)CC[C@H](NC(=O)CCCCCCCCCOc1ccc(C(=O)O)cc1)C(=O)O)C(C)=O. The molecule has 0 unspecified atom stereocenters. The Labute approximate surface area is 403 Å². The summed E-state index contributed by atoms with van der Waals surface area (Å²) in [6, 6.07) is 5.13. The van der Waals surface area contributed by atoms with Crippen molar-refractivity contribution in [2.75, 3.05) is 72.6 Å². The third-order valence-corrected chi connectivity index (χ3v) is 11.2. The Morgan fingerprint density at radius 3 is 1.85 bits per heavy atom. The van der Waals surface area contributed by atoms with Crippen molar-refractivity contribution in [1.82, 2.24) is 16.0 Å². The van der Waals surface area contributed by atoms with Crippen LogP contribution in [0.1, 0.15) is 153 Å². The third-order valence-electron chi connectivity index (χ3n) is 11.2. The number of hydrogen-bond donors (Lipinski definition) is 5. The molecule has 18 nitrogen and oxygen atoms in total. The van der Waals surface area contributed by atoms with Crippen LogP contribution in [0.5, 0.6) is 5.75 Å². The fraction of sp³-hybridized carbons (Fsp3) is 0.720. The van der Waals surface area contributed by atoms with Gasteiger partial charge in [0, 0.05) is 57.2 Å². The van der Waals surface area contributed by atoms with Crippen LogP contribution >= 0.6 is 0 Å². The first-order valence-electron chi connectivity index (χ1n) is 24.6. The Morgan fingerprint density at radius 2 is 1.19 bits per heavy atom. The highest BCUT2D eigenvalue weighted by Crippen LogP contribution is 2.19. The molecule has 5 N–H and O–H groups in total. The number of aromatic carboxylic acids is 1. The molecule has 18 heteroatoms. The van der Waals surface area contributed by atoms with Crippen LogP contribution in [0.25, 0.3) is 0 Å².